The number of nitrogens with zero attached hydrogens (tertiary/aromatic N) is 3. The standard InChI is InChI=1S/C12H21N5O2S/c1-16-7-3-4-10(9-16)17(2)20(18,19)12-8-14-6-5-11(12)15-13/h5-6,8,10H,3-4,7,9,13H2,1-2H3,(H,14,15). The number of likely N-dealkylation sites (tertiary alicyclic amines) is 1. The van der Waals surface area contributed by atoms with E-state index in [1.165, 1.54) is 16.7 Å². The number of hydrogen-bond donors (Lipinski definition) is 2. The van der Waals surface area contributed by atoms with Gasteiger partial charge in [-0.05, 0) is 32.5 Å². The molecule has 2 heterocycles. The van der Waals surface area contributed by atoms with Crippen LogP contribution in [-0.4, -0.2) is 55.8 Å². The molecule has 2 rings (SSSR count). The van der Waals surface area contributed by atoms with Gasteiger partial charge in [-0.15, -0.1) is 0 Å². The number of piperidine rings is 1. The van der Waals surface area contributed by atoms with Crippen LogP contribution in [0.25, 0.3) is 0 Å². The lowest BCUT2D eigenvalue weighted by molar-refractivity contribution is 0.187. The molecule has 0 radical (unpaired) electrons. The van der Waals surface area contributed by atoms with E-state index in [1.807, 2.05) is 7.05 Å². The maximum atomic E-state index is 12.7. The van der Waals surface area contributed by atoms with Crippen LogP contribution in [-0.2, 0) is 10.0 Å². The largest absolute Gasteiger partial charge is 0.323 e. The molecule has 1 aromatic heterocycles. The van der Waals surface area contributed by atoms with Gasteiger partial charge in [-0.1, -0.05) is 0 Å². The van der Waals surface area contributed by atoms with Gasteiger partial charge >= 0.3 is 0 Å². The van der Waals surface area contributed by atoms with E-state index in [-0.39, 0.29) is 10.9 Å². The van der Waals surface area contributed by atoms with Crippen molar-refractivity contribution in [2.24, 2.45) is 5.84 Å². The quantitative estimate of drug-likeness (QED) is 0.604. The summed E-state index contributed by atoms with van der Waals surface area (Å²) in [5, 5.41) is 0. The number of pyridine rings is 1. The van der Waals surface area contributed by atoms with E-state index in [0.29, 0.717) is 5.69 Å². The number of aromatic nitrogens is 1. The smallest absolute Gasteiger partial charge is 0.246 e. The second kappa shape index (κ2) is 6.04. The molecular formula is C12H21N5O2S. The van der Waals surface area contributed by atoms with Crippen LogP contribution >= 0.6 is 0 Å². The Hall–Kier alpha value is -1.22. The van der Waals surface area contributed by atoms with Crippen molar-refractivity contribution in [3.8, 4) is 0 Å². The van der Waals surface area contributed by atoms with Gasteiger partial charge < -0.3 is 10.3 Å². The van der Waals surface area contributed by atoms with Crippen molar-refractivity contribution in [1.82, 2.24) is 14.2 Å². The molecular weight excluding hydrogens is 278 g/mol. The Bertz CT molecular complexity index is 563. The second-order valence-electron chi connectivity index (χ2n) is 5.10. The molecule has 1 atom stereocenters. The molecule has 1 aliphatic heterocycles. The highest BCUT2D eigenvalue weighted by Gasteiger charge is 2.32. The van der Waals surface area contributed by atoms with Crippen LogP contribution in [0.4, 0.5) is 5.69 Å². The number of hydrogen-bond acceptors (Lipinski definition) is 6. The Labute approximate surface area is 119 Å². The first kappa shape index (κ1) is 15.2. The van der Waals surface area contributed by atoms with Crippen LogP contribution in [0, 0.1) is 0 Å². The van der Waals surface area contributed by atoms with Crippen LogP contribution in [0.3, 0.4) is 0 Å². The van der Waals surface area contributed by atoms with Crippen LogP contribution in [0.5, 0.6) is 0 Å². The van der Waals surface area contributed by atoms with E-state index in [4.69, 9.17) is 5.84 Å². The highest BCUT2D eigenvalue weighted by Crippen LogP contribution is 2.25. The third-order valence-corrected chi connectivity index (χ3v) is 5.65. The number of likely N-dealkylation sites (N-methyl/N-ethyl adjacent to an activating group) is 2. The summed E-state index contributed by atoms with van der Waals surface area (Å²) in [6, 6.07) is 1.53. The Morgan fingerprint density at radius 3 is 2.95 bits per heavy atom. The number of hydrazine groups is 1. The minimum atomic E-state index is -3.60. The number of nitrogen functional groups attached to an aromatic ring is 1. The van der Waals surface area contributed by atoms with Gasteiger partial charge in [0.2, 0.25) is 10.0 Å². The molecule has 20 heavy (non-hydrogen) atoms. The topological polar surface area (TPSA) is 91.6 Å². The molecule has 8 heteroatoms. The highest BCUT2D eigenvalue weighted by molar-refractivity contribution is 7.89. The summed E-state index contributed by atoms with van der Waals surface area (Å²) in [6.07, 6.45) is 4.69. The molecule has 1 saturated heterocycles. The number of rotatable bonds is 4. The lowest BCUT2D eigenvalue weighted by Crippen LogP contribution is -2.47. The van der Waals surface area contributed by atoms with Gasteiger partial charge in [-0.2, -0.15) is 4.31 Å². The molecule has 1 fully saturated rings. The summed E-state index contributed by atoms with van der Waals surface area (Å²) in [4.78, 5) is 6.14. The molecule has 0 bridgehead atoms. The summed E-state index contributed by atoms with van der Waals surface area (Å²) in [7, 11) is 0.0179. The molecule has 1 aliphatic rings. The molecule has 112 valence electrons. The van der Waals surface area contributed by atoms with Crippen LogP contribution in [0.15, 0.2) is 23.4 Å². The van der Waals surface area contributed by atoms with E-state index >= 15 is 0 Å². The Balaban J connectivity index is 2.29. The predicted octanol–water partition coefficient (Wildman–Crippen LogP) is 0.0819. The van der Waals surface area contributed by atoms with Crippen molar-refractivity contribution < 1.29 is 8.42 Å². The maximum Gasteiger partial charge on any atom is 0.246 e. The lowest BCUT2D eigenvalue weighted by atomic mass is 10.1. The predicted molar refractivity (Wildman–Crippen MR) is 77.5 cm³/mol. The molecule has 1 aromatic rings. The highest BCUT2D eigenvalue weighted by atomic mass is 32.2. The molecule has 0 aliphatic carbocycles. The molecule has 3 N–H and O–H groups in total. The van der Waals surface area contributed by atoms with E-state index < -0.39 is 10.0 Å². The maximum absolute atomic E-state index is 12.7. The van der Waals surface area contributed by atoms with Crippen LogP contribution in [0.1, 0.15) is 12.8 Å². The van der Waals surface area contributed by atoms with Crippen LogP contribution in [0.2, 0.25) is 0 Å². The monoisotopic (exact) mass is 299 g/mol. The van der Waals surface area contributed by atoms with Gasteiger partial charge in [0.25, 0.3) is 0 Å². The molecule has 7 nitrogen and oxygen atoms in total. The number of nitrogens with two attached hydrogens (primary N) is 1. The average Bonchev–Trinajstić information content (AvgIpc) is 2.46. The Morgan fingerprint density at radius 1 is 1.55 bits per heavy atom. The minimum absolute atomic E-state index is 0.0235. The number of sulfonamides is 1. The first-order chi connectivity index (χ1) is 9.46. The fraction of sp³-hybridized carbons (Fsp3) is 0.583. The first-order valence-electron chi connectivity index (χ1n) is 6.54. The first-order valence-corrected chi connectivity index (χ1v) is 7.98. The van der Waals surface area contributed by atoms with Crippen molar-refractivity contribution in [3.05, 3.63) is 18.5 Å². The molecule has 0 spiro atoms. The van der Waals surface area contributed by atoms with E-state index in [0.717, 1.165) is 25.9 Å². The van der Waals surface area contributed by atoms with Crippen molar-refractivity contribution in [1.29, 1.82) is 0 Å². The Kier molecular flexibility index (Phi) is 4.59. The molecule has 0 saturated carbocycles. The van der Waals surface area contributed by atoms with Crippen molar-refractivity contribution in [3.63, 3.8) is 0 Å². The van der Waals surface area contributed by atoms with Gasteiger partial charge in [-0.25, -0.2) is 8.42 Å². The molecule has 1 unspecified atom stereocenters. The minimum Gasteiger partial charge on any atom is -0.323 e. The van der Waals surface area contributed by atoms with E-state index in [9.17, 15) is 8.42 Å². The second-order valence-corrected chi connectivity index (χ2v) is 7.06. The third kappa shape index (κ3) is 2.93. The lowest BCUT2D eigenvalue weighted by Gasteiger charge is -2.35. The van der Waals surface area contributed by atoms with E-state index in [2.05, 4.69) is 15.3 Å². The van der Waals surface area contributed by atoms with Crippen molar-refractivity contribution in [2.75, 3.05) is 32.6 Å². The SMILES string of the molecule is CN1CCCC(N(C)S(=O)(=O)c2cnccc2NN)C1. The van der Waals surface area contributed by atoms with Gasteiger partial charge in [-0.3, -0.25) is 10.8 Å². The van der Waals surface area contributed by atoms with Crippen molar-refractivity contribution >= 4 is 15.7 Å². The third-order valence-electron chi connectivity index (χ3n) is 3.71. The zero-order valence-electron chi connectivity index (χ0n) is 11.8. The fourth-order valence-electron chi connectivity index (χ4n) is 2.49. The van der Waals surface area contributed by atoms with Gasteiger partial charge in [0.1, 0.15) is 4.90 Å². The molecule has 0 amide bonds. The number of nitrogens with one attached hydrogen (secondary N) is 1. The van der Waals surface area contributed by atoms with Crippen LogP contribution < -0.4 is 11.3 Å². The summed E-state index contributed by atoms with van der Waals surface area (Å²) < 4.78 is 26.8. The number of anilines is 1. The van der Waals surface area contributed by atoms with Gasteiger partial charge in [0.15, 0.2) is 0 Å². The summed E-state index contributed by atoms with van der Waals surface area (Å²) in [6.45, 7) is 1.74. The summed E-state index contributed by atoms with van der Waals surface area (Å²) >= 11 is 0. The van der Waals surface area contributed by atoms with E-state index in [1.54, 1.807) is 13.1 Å². The fourth-order valence-corrected chi connectivity index (χ4v) is 3.97. The van der Waals surface area contributed by atoms with Gasteiger partial charge in [0, 0.05) is 32.0 Å². The Morgan fingerprint density at radius 2 is 2.30 bits per heavy atom. The summed E-state index contributed by atoms with van der Waals surface area (Å²) in [5.41, 5.74) is 2.77. The molecule has 0 aromatic carbocycles. The van der Waals surface area contributed by atoms with Gasteiger partial charge in [0.05, 0.1) is 5.69 Å². The normalized spacial score (nSPS) is 21.1. The zero-order valence-corrected chi connectivity index (χ0v) is 12.6. The summed E-state index contributed by atoms with van der Waals surface area (Å²) in [5.74, 6) is 5.38. The average molecular weight is 299 g/mol. The zero-order chi connectivity index (χ0) is 14.8. The van der Waals surface area contributed by atoms with Crippen molar-refractivity contribution in [2.45, 2.75) is 23.8 Å².